The van der Waals surface area contributed by atoms with Crippen molar-refractivity contribution in [3.63, 3.8) is 0 Å². The summed E-state index contributed by atoms with van der Waals surface area (Å²) in [6.45, 7) is 10.1. The third-order valence-electron chi connectivity index (χ3n) is 4.87. The second-order valence-corrected chi connectivity index (χ2v) is 9.17. The quantitative estimate of drug-likeness (QED) is 0.442. The molecule has 0 radical (unpaired) electrons. The smallest absolute Gasteiger partial charge is 0.414 e. The fourth-order valence-electron chi connectivity index (χ4n) is 3.51. The Morgan fingerprint density at radius 3 is 2.67 bits per heavy atom. The monoisotopic (exact) mass is 475 g/mol. The first-order chi connectivity index (χ1) is 15.8. The molecule has 1 unspecified atom stereocenters. The topological polar surface area (TPSA) is 125 Å². The van der Waals surface area contributed by atoms with Crippen LogP contribution < -0.4 is 5.32 Å². The van der Waals surface area contributed by atoms with E-state index in [2.05, 4.69) is 35.1 Å². The van der Waals surface area contributed by atoms with E-state index in [9.17, 15) is 0 Å². The molecule has 10 heteroatoms. The van der Waals surface area contributed by atoms with Crippen LogP contribution in [0, 0.1) is 5.92 Å². The number of thiazole rings is 1. The van der Waals surface area contributed by atoms with Gasteiger partial charge in [-0.15, -0.1) is 11.3 Å². The number of nitrogens with zero attached hydrogens (tertiary/aromatic N) is 2. The third kappa shape index (κ3) is 7.64. The Balaban J connectivity index is 0.000000454. The molecule has 178 valence electrons. The number of furan rings is 1. The molecule has 1 aliphatic rings. The van der Waals surface area contributed by atoms with Crippen molar-refractivity contribution in [2.75, 3.05) is 32.8 Å². The zero-order valence-electron chi connectivity index (χ0n) is 18.7. The lowest BCUT2D eigenvalue weighted by Gasteiger charge is -2.34. The van der Waals surface area contributed by atoms with Crippen molar-refractivity contribution < 1.29 is 29.0 Å². The van der Waals surface area contributed by atoms with E-state index < -0.39 is 11.9 Å². The summed E-state index contributed by atoms with van der Waals surface area (Å²) in [5.74, 6) is -1.19. The molecule has 3 aromatic rings. The highest BCUT2D eigenvalue weighted by Gasteiger charge is 2.20. The van der Waals surface area contributed by atoms with Gasteiger partial charge in [-0.2, -0.15) is 0 Å². The van der Waals surface area contributed by atoms with E-state index in [1.807, 2.05) is 30.3 Å². The van der Waals surface area contributed by atoms with Crippen molar-refractivity contribution in [3.05, 3.63) is 42.2 Å². The summed E-state index contributed by atoms with van der Waals surface area (Å²) in [5.41, 5.74) is 1.02. The van der Waals surface area contributed by atoms with Crippen LogP contribution in [0.25, 0.3) is 21.0 Å². The van der Waals surface area contributed by atoms with Gasteiger partial charge in [0.25, 0.3) is 0 Å². The van der Waals surface area contributed by atoms with Crippen LogP contribution in [0.4, 0.5) is 0 Å². The lowest BCUT2D eigenvalue weighted by atomic mass is 10.2. The molecule has 0 bridgehead atoms. The van der Waals surface area contributed by atoms with Crippen LogP contribution in [0.5, 0.6) is 0 Å². The lowest BCUT2D eigenvalue weighted by molar-refractivity contribution is -0.159. The van der Waals surface area contributed by atoms with E-state index in [0.717, 1.165) is 54.8 Å². The minimum atomic E-state index is -1.82. The van der Waals surface area contributed by atoms with Gasteiger partial charge in [-0.3, -0.25) is 4.90 Å². The summed E-state index contributed by atoms with van der Waals surface area (Å²) >= 11 is 1.66. The molecule has 4 rings (SSSR count). The van der Waals surface area contributed by atoms with E-state index in [4.69, 9.17) is 29.0 Å². The molecule has 1 saturated heterocycles. The largest absolute Gasteiger partial charge is 0.473 e. The highest BCUT2D eigenvalue weighted by molar-refractivity contribution is 7.21. The van der Waals surface area contributed by atoms with E-state index in [-0.39, 0.29) is 6.10 Å². The lowest BCUT2D eigenvalue weighted by Crippen LogP contribution is -2.47. The first kappa shape index (κ1) is 24.8. The Morgan fingerprint density at radius 2 is 1.97 bits per heavy atom. The number of morpholine rings is 1. The fraction of sp³-hybridized carbons (Fsp3) is 0.435. The number of carbonyl (C=O) groups is 2. The number of carboxylic acids is 2. The van der Waals surface area contributed by atoms with E-state index in [1.165, 1.54) is 4.70 Å². The van der Waals surface area contributed by atoms with Crippen molar-refractivity contribution in [1.29, 1.82) is 0 Å². The summed E-state index contributed by atoms with van der Waals surface area (Å²) in [6.07, 6.45) is 0.246. The minimum absolute atomic E-state index is 0.246. The molecule has 0 spiro atoms. The van der Waals surface area contributed by atoms with Gasteiger partial charge in [0.1, 0.15) is 5.76 Å². The average Bonchev–Trinajstić information content (AvgIpc) is 3.41. The second-order valence-electron chi connectivity index (χ2n) is 8.14. The van der Waals surface area contributed by atoms with Crippen molar-refractivity contribution in [1.82, 2.24) is 15.2 Å². The Kier molecular flexibility index (Phi) is 8.95. The molecule has 1 aromatic carbocycles. The van der Waals surface area contributed by atoms with Crippen LogP contribution in [-0.4, -0.2) is 70.9 Å². The summed E-state index contributed by atoms with van der Waals surface area (Å²) in [5, 5.41) is 19.2. The molecule has 9 nitrogen and oxygen atoms in total. The predicted molar refractivity (Wildman–Crippen MR) is 125 cm³/mol. The average molecular weight is 476 g/mol. The molecule has 1 atom stereocenters. The van der Waals surface area contributed by atoms with E-state index in [0.29, 0.717) is 12.5 Å². The minimum Gasteiger partial charge on any atom is -0.473 e. The molecular weight excluding hydrogens is 446 g/mol. The first-order valence-electron chi connectivity index (χ1n) is 10.8. The van der Waals surface area contributed by atoms with Gasteiger partial charge < -0.3 is 24.7 Å². The van der Waals surface area contributed by atoms with Crippen molar-refractivity contribution in [2.24, 2.45) is 5.92 Å². The molecule has 33 heavy (non-hydrogen) atoms. The zero-order valence-corrected chi connectivity index (χ0v) is 19.5. The van der Waals surface area contributed by atoms with Crippen LogP contribution in [0.1, 0.15) is 19.6 Å². The molecule has 3 N–H and O–H groups in total. The highest BCUT2D eigenvalue weighted by Crippen LogP contribution is 2.31. The van der Waals surface area contributed by atoms with Crippen molar-refractivity contribution in [2.45, 2.75) is 26.5 Å². The van der Waals surface area contributed by atoms with Gasteiger partial charge in [0, 0.05) is 26.2 Å². The number of nitrogens with one attached hydrogen (secondary N) is 1. The van der Waals surface area contributed by atoms with E-state index in [1.54, 1.807) is 11.3 Å². The maximum atomic E-state index is 9.10. The number of fused-ring (bicyclic) bond motifs is 1. The standard InChI is InChI=1S/C21H27N3O2S.C2H2O4/c1-15(2)13-24-9-10-25-17(14-24)12-22-11-16-7-8-19(26-16)21-23-18-5-3-4-6-20(18)27-21;3-1(4)2(5)6/h3-8,15,17,22H,9-14H2,1-2H3;(H,3,4)(H,5,6). The van der Waals surface area contributed by atoms with Gasteiger partial charge in [0.05, 0.1) is 29.5 Å². The van der Waals surface area contributed by atoms with Gasteiger partial charge in [-0.1, -0.05) is 26.0 Å². The molecular formula is C23H29N3O6S. The van der Waals surface area contributed by atoms with Gasteiger partial charge in [0.2, 0.25) is 0 Å². The Labute approximate surface area is 196 Å². The molecule has 0 saturated carbocycles. The molecule has 2 aromatic heterocycles. The number of hydrogen-bond donors (Lipinski definition) is 3. The number of benzene rings is 1. The van der Waals surface area contributed by atoms with Crippen molar-refractivity contribution >= 4 is 33.5 Å². The van der Waals surface area contributed by atoms with Crippen LogP contribution in [-0.2, 0) is 20.9 Å². The summed E-state index contributed by atoms with van der Waals surface area (Å²) in [7, 11) is 0. The number of carboxylic acid groups (broad SMARTS) is 2. The molecule has 3 heterocycles. The number of para-hydroxylation sites is 1. The van der Waals surface area contributed by atoms with Gasteiger partial charge in [0.15, 0.2) is 10.8 Å². The Bertz CT molecular complexity index is 1020. The second kappa shape index (κ2) is 11.9. The number of ether oxygens (including phenoxy) is 1. The normalized spacial score (nSPS) is 16.5. The summed E-state index contributed by atoms with van der Waals surface area (Å²) < 4.78 is 13.1. The summed E-state index contributed by atoms with van der Waals surface area (Å²) in [6, 6.07) is 12.2. The van der Waals surface area contributed by atoms with Crippen molar-refractivity contribution in [3.8, 4) is 10.8 Å². The van der Waals surface area contributed by atoms with Gasteiger partial charge in [-0.25, -0.2) is 14.6 Å². The third-order valence-corrected chi connectivity index (χ3v) is 5.92. The SMILES string of the molecule is CC(C)CN1CCOC(CNCc2ccc(-c3nc4ccccc4s3)o2)C1.O=C(O)C(=O)O. The van der Waals surface area contributed by atoms with E-state index >= 15 is 0 Å². The van der Waals surface area contributed by atoms with Crippen LogP contribution in [0.15, 0.2) is 40.8 Å². The number of rotatable bonds is 7. The maximum absolute atomic E-state index is 9.10. The fourth-order valence-corrected chi connectivity index (χ4v) is 4.44. The van der Waals surface area contributed by atoms with Crippen LogP contribution in [0.3, 0.4) is 0 Å². The number of aromatic nitrogens is 1. The molecule has 0 amide bonds. The molecule has 1 aliphatic heterocycles. The van der Waals surface area contributed by atoms with Crippen LogP contribution >= 0.6 is 11.3 Å². The summed E-state index contributed by atoms with van der Waals surface area (Å²) in [4.78, 5) is 25.4. The number of aliphatic carboxylic acids is 2. The highest BCUT2D eigenvalue weighted by atomic mass is 32.1. The number of hydrogen-bond acceptors (Lipinski definition) is 8. The molecule has 0 aliphatic carbocycles. The maximum Gasteiger partial charge on any atom is 0.414 e. The zero-order chi connectivity index (χ0) is 23.8. The van der Waals surface area contributed by atoms with Gasteiger partial charge >= 0.3 is 11.9 Å². The Hall–Kier alpha value is -2.79. The Morgan fingerprint density at radius 1 is 1.21 bits per heavy atom. The van der Waals surface area contributed by atoms with Crippen LogP contribution in [0.2, 0.25) is 0 Å². The predicted octanol–water partition coefficient (Wildman–Crippen LogP) is 3.16. The van der Waals surface area contributed by atoms with Gasteiger partial charge in [-0.05, 0) is 30.2 Å². The molecule has 1 fully saturated rings. The first-order valence-corrected chi connectivity index (χ1v) is 11.6.